The molecule has 4 heteroatoms. The Labute approximate surface area is 125 Å². The summed E-state index contributed by atoms with van der Waals surface area (Å²) in [6.45, 7) is 5.00. The lowest BCUT2D eigenvalue weighted by Gasteiger charge is -2.31. The summed E-state index contributed by atoms with van der Waals surface area (Å²) in [5.41, 5.74) is 2.33. The molecular weight excluding hydrogens is 264 g/mol. The summed E-state index contributed by atoms with van der Waals surface area (Å²) in [6.07, 6.45) is 0. The van der Waals surface area contributed by atoms with E-state index < -0.39 is 0 Å². The third-order valence-electron chi connectivity index (χ3n) is 3.58. The zero-order chi connectivity index (χ0) is 15.3. The van der Waals surface area contributed by atoms with Crippen LogP contribution in [0.1, 0.15) is 23.9 Å². The molecule has 1 aromatic heterocycles. The zero-order valence-corrected chi connectivity index (χ0v) is 12.8. The van der Waals surface area contributed by atoms with Crippen LogP contribution >= 0.6 is 0 Å². The van der Waals surface area contributed by atoms with Gasteiger partial charge in [0.25, 0.3) is 0 Å². The molecule has 0 spiro atoms. The molecule has 0 aliphatic rings. The third kappa shape index (κ3) is 3.80. The molecule has 0 radical (unpaired) electrons. The minimum absolute atomic E-state index is 0.209. The Hall–Kier alpha value is -1.91. The standard InChI is InChI=1S/C17H22N2O2/c1-13-9-10-16(20)15(19-13)11-18-17(2,12-21-3)14-7-5-4-6-8-14/h4-10,18,20H,11-12H2,1-3H3. The largest absolute Gasteiger partial charge is 0.506 e. The summed E-state index contributed by atoms with van der Waals surface area (Å²) < 4.78 is 5.36. The van der Waals surface area contributed by atoms with Gasteiger partial charge in [0.15, 0.2) is 0 Å². The molecule has 1 unspecified atom stereocenters. The average molecular weight is 286 g/mol. The molecule has 4 nitrogen and oxygen atoms in total. The van der Waals surface area contributed by atoms with Crippen LogP contribution in [0.4, 0.5) is 0 Å². The molecule has 0 saturated carbocycles. The van der Waals surface area contributed by atoms with E-state index in [1.54, 1.807) is 19.2 Å². The van der Waals surface area contributed by atoms with Crippen LogP contribution in [0.5, 0.6) is 5.75 Å². The number of pyridine rings is 1. The predicted octanol–water partition coefficient (Wildman–Crippen LogP) is 2.75. The van der Waals surface area contributed by atoms with E-state index >= 15 is 0 Å². The van der Waals surface area contributed by atoms with Gasteiger partial charge in [0.1, 0.15) is 5.75 Å². The summed E-state index contributed by atoms with van der Waals surface area (Å²) in [5, 5.41) is 13.3. The van der Waals surface area contributed by atoms with Crippen molar-refractivity contribution in [1.29, 1.82) is 0 Å². The highest BCUT2D eigenvalue weighted by atomic mass is 16.5. The summed E-state index contributed by atoms with van der Waals surface area (Å²) in [4.78, 5) is 4.38. The van der Waals surface area contributed by atoms with Gasteiger partial charge in [0.2, 0.25) is 0 Å². The third-order valence-corrected chi connectivity index (χ3v) is 3.58. The number of nitrogens with zero attached hydrogens (tertiary/aromatic N) is 1. The number of benzene rings is 1. The molecule has 1 aromatic carbocycles. The van der Waals surface area contributed by atoms with Crippen LogP contribution in [0.2, 0.25) is 0 Å². The highest BCUT2D eigenvalue weighted by molar-refractivity contribution is 5.29. The smallest absolute Gasteiger partial charge is 0.138 e. The van der Waals surface area contributed by atoms with Crippen molar-refractivity contribution in [3.8, 4) is 5.75 Å². The number of aromatic hydroxyl groups is 1. The fraction of sp³-hybridized carbons (Fsp3) is 0.353. The Balaban J connectivity index is 2.19. The van der Waals surface area contributed by atoms with Crippen LogP contribution in [0.15, 0.2) is 42.5 Å². The second-order valence-corrected chi connectivity index (χ2v) is 5.40. The molecule has 0 aliphatic heterocycles. The number of nitrogens with one attached hydrogen (secondary N) is 1. The van der Waals surface area contributed by atoms with Gasteiger partial charge in [-0.15, -0.1) is 0 Å². The fourth-order valence-electron chi connectivity index (χ4n) is 2.34. The summed E-state index contributed by atoms with van der Waals surface area (Å²) in [6, 6.07) is 13.6. The highest BCUT2D eigenvalue weighted by Crippen LogP contribution is 2.23. The number of hydrogen-bond donors (Lipinski definition) is 2. The van der Waals surface area contributed by atoms with Crippen LogP contribution < -0.4 is 5.32 Å². The van der Waals surface area contributed by atoms with E-state index in [0.29, 0.717) is 18.8 Å². The Morgan fingerprint density at radius 1 is 1.19 bits per heavy atom. The molecule has 112 valence electrons. The van der Waals surface area contributed by atoms with Crippen molar-refractivity contribution in [2.75, 3.05) is 13.7 Å². The normalized spacial score (nSPS) is 13.9. The molecule has 0 amide bonds. The Morgan fingerprint density at radius 3 is 2.57 bits per heavy atom. The van der Waals surface area contributed by atoms with Crippen LogP contribution in [0.3, 0.4) is 0 Å². The number of aryl methyl sites for hydroxylation is 1. The van der Waals surface area contributed by atoms with Crippen molar-refractivity contribution in [2.24, 2.45) is 0 Å². The molecule has 2 rings (SSSR count). The van der Waals surface area contributed by atoms with Crippen molar-refractivity contribution < 1.29 is 9.84 Å². The van der Waals surface area contributed by atoms with E-state index in [1.807, 2.05) is 25.1 Å². The van der Waals surface area contributed by atoms with Gasteiger partial charge < -0.3 is 9.84 Å². The maximum absolute atomic E-state index is 9.90. The Morgan fingerprint density at radius 2 is 1.90 bits per heavy atom. The zero-order valence-electron chi connectivity index (χ0n) is 12.8. The monoisotopic (exact) mass is 286 g/mol. The average Bonchev–Trinajstić information content (AvgIpc) is 2.49. The lowest BCUT2D eigenvalue weighted by molar-refractivity contribution is 0.116. The molecule has 0 fully saturated rings. The second-order valence-electron chi connectivity index (χ2n) is 5.40. The van der Waals surface area contributed by atoms with Crippen molar-refractivity contribution >= 4 is 0 Å². The van der Waals surface area contributed by atoms with Crippen LogP contribution in [0.25, 0.3) is 0 Å². The van der Waals surface area contributed by atoms with Gasteiger partial charge in [-0.3, -0.25) is 10.3 Å². The minimum atomic E-state index is -0.339. The summed E-state index contributed by atoms with van der Waals surface area (Å²) >= 11 is 0. The molecule has 0 aliphatic carbocycles. The second kappa shape index (κ2) is 6.70. The van der Waals surface area contributed by atoms with E-state index in [-0.39, 0.29) is 11.3 Å². The first-order valence-corrected chi connectivity index (χ1v) is 7.00. The molecule has 0 saturated heterocycles. The van der Waals surface area contributed by atoms with E-state index in [2.05, 4.69) is 29.4 Å². The van der Waals surface area contributed by atoms with E-state index in [4.69, 9.17) is 4.74 Å². The van der Waals surface area contributed by atoms with Crippen molar-refractivity contribution in [2.45, 2.75) is 25.9 Å². The Kier molecular flexibility index (Phi) is 4.94. The summed E-state index contributed by atoms with van der Waals surface area (Å²) in [7, 11) is 1.69. The Bertz CT molecular complexity index is 587. The number of ether oxygens (including phenoxy) is 1. The summed E-state index contributed by atoms with van der Waals surface area (Å²) in [5.74, 6) is 0.209. The molecular formula is C17H22N2O2. The number of aromatic nitrogens is 1. The first-order chi connectivity index (χ1) is 10.0. The minimum Gasteiger partial charge on any atom is -0.506 e. The number of hydrogen-bond acceptors (Lipinski definition) is 4. The van der Waals surface area contributed by atoms with Crippen molar-refractivity contribution in [3.05, 3.63) is 59.4 Å². The van der Waals surface area contributed by atoms with E-state index in [1.165, 1.54) is 0 Å². The number of rotatable bonds is 6. The lowest BCUT2D eigenvalue weighted by Crippen LogP contribution is -2.43. The van der Waals surface area contributed by atoms with Gasteiger partial charge in [-0.2, -0.15) is 0 Å². The first kappa shape index (κ1) is 15.5. The van der Waals surface area contributed by atoms with Gasteiger partial charge >= 0.3 is 0 Å². The van der Waals surface area contributed by atoms with Crippen molar-refractivity contribution in [1.82, 2.24) is 10.3 Å². The fourth-order valence-corrected chi connectivity index (χ4v) is 2.34. The predicted molar refractivity (Wildman–Crippen MR) is 83.1 cm³/mol. The van der Waals surface area contributed by atoms with E-state index in [9.17, 15) is 5.11 Å². The van der Waals surface area contributed by atoms with Gasteiger partial charge in [0.05, 0.1) is 17.8 Å². The van der Waals surface area contributed by atoms with Gasteiger partial charge in [0, 0.05) is 19.3 Å². The number of methoxy groups -OCH3 is 1. The molecule has 2 aromatic rings. The maximum atomic E-state index is 9.90. The molecule has 1 heterocycles. The molecule has 2 N–H and O–H groups in total. The van der Waals surface area contributed by atoms with Gasteiger partial charge in [-0.05, 0) is 31.5 Å². The molecule has 1 atom stereocenters. The molecule has 21 heavy (non-hydrogen) atoms. The van der Waals surface area contributed by atoms with Gasteiger partial charge in [-0.25, -0.2) is 0 Å². The SMILES string of the molecule is COCC(C)(NCc1nc(C)ccc1O)c1ccccc1. The van der Waals surface area contributed by atoms with Crippen LogP contribution in [-0.4, -0.2) is 23.8 Å². The van der Waals surface area contributed by atoms with Gasteiger partial charge in [-0.1, -0.05) is 30.3 Å². The first-order valence-electron chi connectivity index (χ1n) is 7.00. The van der Waals surface area contributed by atoms with Crippen LogP contribution in [-0.2, 0) is 16.8 Å². The topological polar surface area (TPSA) is 54.4 Å². The lowest BCUT2D eigenvalue weighted by atomic mass is 9.92. The van der Waals surface area contributed by atoms with E-state index in [0.717, 1.165) is 11.3 Å². The highest BCUT2D eigenvalue weighted by Gasteiger charge is 2.26. The maximum Gasteiger partial charge on any atom is 0.138 e. The quantitative estimate of drug-likeness (QED) is 0.857. The molecule has 0 bridgehead atoms. The van der Waals surface area contributed by atoms with Crippen LogP contribution in [0, 0.1) is 6.92 Å². The van der Waals surface area contributed by atoms with Crippen molar-refractivity contribution in [3.63, 3.8) is 0 Å².